The second-order valence-corrected chi connectivity index (χ2v) is 3.35. The van der Waals surface area contributed by atoms with Crippen LogP contribution < -0.4 is 5.73 Å². The van der Waals surface area contributed by atoms with Crippen molar-refractivity contribution in [3.05, 3.63) is 48.0 Å². The van der Waals surface area contributed by atoms with Gasteiger partial charge in [0.1, 0.15) is 6.33 Å². The molecule has 0 aliphatic rings. The van der Waals surface area contributed by atoms with Gasteiger partial charge in [0.25, 0.3) is 0 Å². The SMILES string of the molecule is NC(=Nc1ccc(Cl)cc1)n1ccnc1. The summed E-state index contributed by atoms with van der Waals surface area (Å²) in [5.41, 5.74) is 6.50. The number of rotatable bonds is 1. The molecule has 0 atom stereocenters. The normalized spacial score (nSPS) is 11.7. The third-order valence-corrected chi connectivity index (χ3v) is 2.09. The van der Waals surface area contributed by atoms with E-state index < -0.39 is 0 Å². The van der Waals surface area contributed by atoms with Crippen LogP contribution in [0, 0.1) is 0 Å². The first-order valence-electron chi connectivity index (χ1n) is 4.34. The Bertz CT molecular complexity index is 459. The molecule has 0 radical (unpaired) electrons. The van der Waals surface area contributed by atoms with Gasteiger partial charge >= 0.3 is 0 Å². The number of hydrogen-bond acceptors (Lipinski definition) is 2. The van der Waals surface area contributed by atoms with E-state index in [0.29, 0.717) is 11.0 Å². The summed E-state index contributed by atoms with van der Waals surface area (Å²) in [6.45, 7) is 0. The van der Waals surface area contributed by atoms with Gasteiger partial charge in [0, 0.05) is 17.4 Å². The Morgan fingerprint density at radius 2 is 2.07 bits per heavy atom. The molecule has 0 aliphatic heterocycles. The summed E-state index contributed by atoms with van der Waals surface area (Å²) in [5, 5.41) is 0.676. The van der Waals surface area contributed by atoms with Crippen molar-refractivity contribution in [2.24, 2.45) is 10.7 Å². The lowest BCUT2D eigenvalue weighted by Gasteiger charge is -2.00. The van der Waals surface area contributed by atoms with E-state index in [2.05, 4.69) is 9.98 Å². The molecule has 1 aromatic heterocycles. The summed E-state index contributed by atoms with van der Waals surface area (Å²) in [6, 6.07) is 7.13. The molecule has 0 aliphatic carbocycles. The highest BCUT2D eigenvalue weighted by Gasteiger charge is 1.95. The summed E-state index contributed by atoms with van der Waals surface area (Å²) >= 11 is 5.75. The zero-order valence-electron chi connectivity index (χ0n) is 7.84. The van der Waals surface area contributed by atoms with Gasteiger partial charge in [-0.15, -0.1) is 0 Å². The first-order chi connectivity index (χ1) is 7.25. The van der Waals surface area contributed by atoms with Crippen LogP contribution >= 0.6 is 11.6 Å². The summed E-state index contributed by atoms with van der Waals surface area (Å²) in [5.74, 6) is 0.370. The van der Waals surface area contributed by atoms with Crippen LogP contribution in [0.15, 0.2) is 48.0 Å². The molecular weight excluding hydrogens is 212 g/mol. The van der Waals surface area contributed by atoms with Gasteiger partial charge in [0.15, 0.2) is 0 Å². The van der Waals surface area contributed by atoms with Crippen LogP contribution in [-0.2, 0) is 0 Å². The Kier molecular flexibility index (Phi) is 2.69. The summed E-state index contributed by atoms with van der Waals surface area (Å²) < 4.78 is 1.63. The van der Waals surface area contributed by atoms with Crippen molar-refractivity contribution < 1.29 is 0 Å². The van der Waals surface area contributed by atoms with Crippen molar-refractivity contribution in [2.75, 3.05) is 0 Å². The second-order valence-electron chi connectivity index (χ2n) is 2.92. The third kappa shape index (κ3) is 2.35. The number of benzene rings is 1. The van der Waals surface area contributed by atoms with Gasteiger partial charge < -0.3 is 5.73 Å². The number of aliphatic imine (C=N–C) groups is 1. The first kappa shape index (κ1) is 9.73. The highest BCUT2D eigenvalue weighted by atomic mass is 35.5. The van der Waals surface area contributed by atoms with Gasteiger partial charge in [0.2, 0.25) is 5.96 Å². The largest absolute Gasteiger partial charge is 0.369 e. The Balaban J connectivity index is 2.27. The fourth-order valence-electron chi connectivity index (χ4n) is 1.10. The highest BCUT2D eigenvalue weighted by Crippen LogP contribution is 2.15. The fourth-order valence-corrected chi connectivity index (χ4v) is 1.23. The molecule has 5 heteroatoms. The molecule has 0 saturated carbocycles. The molecule has 0 unspecified atom stereocenters. The van der Waals surface area contributed by atoms with Gasteiger partial charge in [-0.2, -0.15) is 0 Å². The number of hydrogen-bond donors (Lipinski definition) is 1. The van der Waals surface area contributed by atoms with Crippen molar-refractivity contribution in [3.63, 3.8) is 0 Å². The van der Waals surface area contributed by atoms with Crippen molar-refractivity contribution >= 4 is 23.2 Å². The van der Waals surface area contributed by atoms with Gasteiger partial charge in [0.05, 0.1) is 5.69 Å². The average molecular weight is 221 g/mol. The molecule has 0 amide bonds. The second kappa shape index (κ2) is 4.14. The predicted octanol–water partition coefficient (Wildman–Crippen LogP) is 2.03. The van der Waals surface area contributed by atoms with E-state index in [9.17, 15) is 0 Å². The number of nitrogens with two attached hydrogens (primary N) is 1. The van der Waals surface area contributed by atoms with Crippen molar-refractivity contribution in [1.29, 1.82) is 0 Å². The molecule has 1 heterocycles. The average Bonchev–Trinajstić information content (AvgIpc) is 2.74. The molecule has 0 spiro atoms. The van der Waals surface area contributed by atoms with E-state index in [4.69, 9.17) is 17.3 Å². The molecule has 0 saturated heterocycles. The van der Waals surface area contributed by atoms with Crippen LogP contribution in [0.2, 0.25) is 5.02 Å². The number of nitrogens with zero attached hydrogens (tertiary/aromatic N) is 3. The lowest BCUT2D eigenvalue weighted by Crippen LogP contribution is -2.20. The molecule has 0 bridgehead atoms. The highest BCUT2D eigenvalue weighted by molar-refractivity contribution is 6.30. The van der Waals surface area contributed by atoms with E-state index in [1.807, 2.05) is 0 Å². The minimum Gasteiger partial charge on any atom is -0.369 e. The monoisotopic (exact) mass is 220 g/mol. The lowest BCUT2D eigenvalue weighted by molar-refractivity contribution is 1.10. The summed E-state index contributed by atoms with van der Waals surface area (Å²) in [4.78, 5) is 8.08. The van der Waals surface area contributed by atoms with Crippen LogP contribution in [0.5, 0.6) is 0 Å². The molecule has 1 aromatic carbocycles. The van der Waals surface area contributed by atoms with E-state index in [-0.39, 0.29) is 0 Å². The maximum Gasteiger partial charge on any atom is 0.206 e. The Morgan fingerprint density at radius 3 is 2.67 bits per heavy atom. The van der Waals surface area contributed by atoms with Crippen molar-refractivity contribution in [2.45, 2.75) is 0 Å². The van der Waals surface area contributed by atoms with Crippen LogP contribution in [0.1, 0.15) is 0 Å². The third-order valence-electron chi connectivity index (χ3n) is 1.84. The lowest BCUT2D eigenvalue weighted by atomic mass is 10.3. The zero-order chi connectivity index (χ0) is 10.7. The Morgan fingerprint density at radius 1 is 1.33 bits per heavy atom. The number of imidazole rings is 1. The van der Waals surface area contributed by atoms with Crippen molar-refractivity contribution in [1.82, 2.24) is 9.55 Å². The Hall–Kier alpha value is -1.81. The van der Waals surface area contributed by atoms with Crippen LogP contribution in [0.4, 0.5) is 5.69 Å². The topological polar surface area (TPSA) is 56.2 Å². The first-order valence-corrected chi connectivity index (χ1v) is 4.71. The maximum absolute atomic E-state index is 5.75. The van der Waals surface area contributed by atoms with Crippen LogP contribution in [-0.4, -0.2) is 15.5 Å². The molecule has 15 heavy (non-hydrogen) atoms. The predicted molar refractivity (Wildman–Crippen MR) is 60.4 cm³/mol. The molecule has 2 N–H and O–H groups in total. The minimum absolute atomic E-state index is 0.370. The fraction of sp³-hybridized carbons (Fsp3) is 0. The van der Waals surface area contributed by atoms with Crippen LogP contribution in [0.3, 0.4) is 0 Å². The van der Waals surface area contributed by atoms with Gasteiger partial charge in [-0.3, -0.25) is 4.57 Å². The number of aromatic nitrogens is 2. The summed E-state index contributed by atoms with van der Waals surface area (Å²) in [6.07, 6.45) is 4.97. The van der Waals surface area contributed by atoms with E-state index >= 15 is 0 Å². The van der Waals surface area contributed by atoms with Gasteiger partial charge in [-0.1, -0.05) is 11.6 Å². The van der Waals surface area contributed by atoms with E-state index in [1.54, 1.807) is 47.6 Å². The van der Waals surface area contributed by atoms with Crippen molar-refractivity contribution in [3.8, 4) is 0 Å². The Labute approximate surface area is 92.0 Å². The number of halogens is 1. The standard InChI is InChI=1S/C10H9ClN4/c11-8-1-3-9(4-2-8)14-10(12)15-6-5-13-7-15/h1-7H,(H2,12,14). The molecule has 2 rings (SSSR count). The van der Waals surface area contributed by atoms with E-state index in [0.717, 1.165) is 5.69 Å². The molecule has 4 nitrogen and oxygen atoms in total. The molecule has 2 aromatic rings. The van der Waals surface area contributed by atoms with Gasteiger partial charge in [-0.05, 0) is 24.3 Å². The maximum atomic E-state index is 5.75. The van der Waals surface area contributed by atoms with Crippen LogP contribution in [0.25, 0.3) is 0 Å². The smallest absolute Gasteiger partial charge is 0.206 e. The zero-order valence-corrected chi connectivity index (χ0v) is 8.59. The summed E-state index contributed by atoms with van der Waals surface area (Å²) in [7, 11) is 0. The quantitative estimate of drug-likeness (QED) is 0.591. The molecule has 76 valence electrons. The van der Waals surface area contributed by atoms with E-state index in [1.165, 1.54) is 0 Å². The van der Waals surface area contributed by atoms with Gasteiger partial charge in [-0.25, -0.2) is 9.98 Å². The molecule has 0 fully saturated rings. The minimum atomic E-state index is 0.370. The molecular formula is C10H9ClN4.